The molecule has 290 valence electrons. The Labute approximate surface area is 311 Å². The first-order chi connectivity index (χ1) is 25.6. The second-order valence-electron chi connectivity index (χ2n) is 14.9. The molecule has 14 heteroatoms. The zero-order chi connectivity index (χ0) is 37.4. The molecule has 3 aliphatic rings. The maximum absolute atomic E-state index is 13.1. The van der Waals surface area contributed by atoms with Crippen molar-refractivity contribution in [2.75, 3.05) is 20.4 Å². The molecule has 0 radical (unpaired) electrons. The summed E-state index contributed by atoms with van der Waals surface area (Å²) in [5, 5.41) is 0. The van der Waals surface area contributed by atoms with E-state index >= 15 is 0 Å². The van der Waals surface area contributed by atoms with Crippen molar-refractivity contribution < 1.29 is 33.0 Å². The zero-order valence-corrected chi connectivity index (χ0v) is 32.2. The van der Waals surface area contributed by atoms with Crippen LogP contribution in [0.15, 0.2) is 50.8 Å². The monoisotopic (exact) mass is 756 g/mol. The normalized spacial score (nSPS) is 17.9. The van der Waals surface area contributed by atoms with Crippen LogP contribution in [0, 0.1) is 20.8 Å². The van der Waals surface area contributed by atoms with Crippen molar-refractivity contribution in [1.29, 1.82) is 0 Å². The van der Waals surface area contributed by atoms with Gasteiger partial charge in [0, 0.05) is 36.0 Å². The molecule has 3 aromatic rings. The minimum atomic E-state index is -4.32. The van der Waals surface area contributed by atoms with Crippen LogP contribution in [0.5, 0.6) is 0 Å². The van der Waals surface area contributed by atoms with Gasteiger partial charge < -0.3 is 14.5 Å². The summed E-state index contributed by atoms with van der Waals surface area (Å²) in [4.78, 5) is 68.6. The zero-order valence-electron chi connectivity index (χ0n) is 31.3. The van der Waals surface area contributed by atoms with Gasteiger partial charge in [0.2, 0.25) is 0 Å². The lowest BCUT2D eigenvalue weighted by molar-refractivity contribution is -0.0945. The van der Waals surface area contributed by atoms with E-state index < -0.39 is 28.5 Å². The molecule has 0 amide bonds. The highest BCUT2D eigenvalue weighted by atomic mass is 31.2. The summed E-state index contributed by atoms with van der Waals surface area (Å²) >= 11 is 0. The number of hydrogen-bond acceptors (Lipinski definition) is 10. The number of nitrogens with zero attached hydrogens (tertiary/aromatic N) is 3. The minimum Gasteiger partial charge on any atom is -0.377 e. The molecule has 0 bridgehead atoms. The highest BCUT2D eigenvalue weighted by Crippen LogP contribution is 2.57. The van der Waals surface area contributed by atoms with Crippen LogP contribution in [0.4, 0.5) is 0 Å². The van der Waals surface area contributed by atoms with E-state index in [1.165, 1.54) is 32.4 Å². The van der Waals surface area contributed by atoms with E-state index in [1.807, 2.05) is 39.0 Å². The highest BCUT2D eigenvalue weighted by molar-refractivity contribution is 7.55. The van der Waals surface area contributed by atoms with Crippen LogP contribution in [0.1, 0.15) is 148 Å². The molecule has 0 saturated heterocycles. The number of aryl methyl sites for hydroxylation is 3. The molecule has 6 rings (SSSR count). The van der Waals surface area contributed by atoms with Gasteiger partial charge in [-0.05, 0) is 94.2 Å². The van der Waals surface area contributed by atoms with Crippen LogP contribution in [0.25, 0.3) is 0 Å². The lowest BCUT2D eigenvalue weighted by Crippen LogP contribution is -2.34. The maximum Gasteiger partial charge on any atom is 0.583 e. The molecule has 0 spiro atoms. The fourth-order valence-corrected chi connectivity index (χ4v) is 8.91. The predicted octanol–water partition coefficient (Wildman–Crippen LogP) is 6.52. The van der Waals surface area contributed by atoms with Crippen molar-refractivity contribution >= 4 is 8.17 Å². The van der Waals surface area contributed by atoms with E-state index in [0.29, 0.717) is 0 Å². The van der Waals surface area contributed by atoms with Crippen LogP contribution >= 0.6 is 8.17 Å². The third-order valence-electron chi connectivity index (χ3n) is 10.7. The SMILES string of the molecule is Cc1cc(C2CCCCC2)n(OCO[P+](O)(OCOn2c(C3CCCCC3)cc(C)cc2=O)OCOn2c(C3CCCCC3)cc(C)cc2=O)c(=O)c1. The Balaban J connectivity index is 1.20. The van der Waals surface area contributed by atoms with Gasteiger partial charge in [-0.1, -0.05) is 57.8 Å². The number of hydrogen-bond donors (Lipinski definition) is 1. The van der Waals surface area contributed by atoms with Crippen molar-refractivity contribution in [3.63, 3.8) is 0 Å². The van der Waals surface area contributed by atoms with Crippen molar-refractivity contribution in [3.8, 4) is 0 Å². The Hall–Kier alpha value is -3.48. The fraction of sp³-hybridized carbons (Fsp3) is 0.615. The Bertz CT molecular complexity index is 1640. The van der Waals surface area contributed by atoms with Gasteiger partial charge >= 0.3 is 8.17 Å². The number of aromatic nitrogens is 3. The summed E-state index contributed by atoms with van der Waals surface area (Å²) in [6.07, 6.45) is 15.5. The van der Waals surface area contributed by atoms with E-state index in [2.05, 4.69) is 0 Å². The van der Waals surface area contributed by atoms with Crippen LogP contribution in [-0.4, -0.2) is 39.5 Å². The molecular weight excluding hydrogens is 701 g/mol. The first-order valence-electron chi connectivity index (χ1n) is 19.3. The van der Waals surface area contributed by atoms with E-state index in [-0.39, 0.29) is 34.4 Å². The number of pyridine rings is 3. The quantitative estimate of drug-likeness (QED) is 0.135. The minimum absolute atomic E-state index is 0.150. The summed E-state index contributed by atoms with van der Waals surface area (Å²) in [6, 6.07) is 10.3. The van der Waals surface area contributed by atoms with Gasteiger partial charge in [0.1, 0.15) is 0 Å². The maximum atomic E-state index is 13.1. The first kappa shape index (κ1) is 39.2. The van der Waals surface area contributed by atoms with Gasteiger partial charge in [-0.15, -0.1) is 27.8 Å². The van der Waals surface area contributed by atoms with Gasteiger partial charge in [0.15, 0.2) is 0 Å². The third kappa shape index (κ3) is 10.2. The van der Waals surface area contributed by atoms with Crippen molar-refractivity contribution in [2.45, 2.75) is 135 Å². The molecule has 3 aliphatic carbocycles. The Morgan fingerprint density at radius 3 is 1.02 bits per heavy atom. The highest BCUT2D eigenvalue weighted by Gasteiger charge is 2.47. The molecule has 3 aromatic heterocycles. The second-order valence-corrected chi connectivity index (χ2v) is 16.6. The Kier molecular flexibility index (Phi) is 13.5. The Morgan fingerprint density at radius 1 is 0.491 bits per heavy atom. The summed E-state index contributed by atoms with van der Waals surface area (Å²) in [5.41, 5.74) is 3.68. The predicted molar refractivity (Wildman–Crippen MR) is 201 cm³/mol. The lowest BCUT2D eigenvalue weighted by Gasteiger charge is -2.26. The first-order valence-corrected chi connectivity index (χ1v) is 20.8. The van der Waals surface area contributed by atoms with Crippen molar-refractivity contribution in [1.82, 2.24) is 14.2 Å². The molecule has 3 heterocycles. The topological polar surface area (TPSA) is 142 Å². The lowest BCUT2D eigenvalue weighted by atomic mass is 9.86. The van der Waals surface area contributed by atoms with Crippen LogP contribution in [0.2, 0.25) is 0 Å². The van der Waals surface area contributed by atoms with Crippen molar-refractivity contribution in [3.05, 3.63) is 101 Å². The molecule has 1 N–H and O–H groups in total. The fourth-order valence-electron chi connectivity index (χ4n) is 8.14. The van der Waals surface area contributed by atoms with E-state index in [1.54, 1.807) is 0 Å². The van der Waals surface area contributed by atoms with Gasteiger partial charge in [-0.25, -0.2) is 0 Å². The largest absolute Gasteiger partial charge is 0.583 e. The molecule has 0 unspecified atom stereocenters. The summed E-state index contributed by atoms with van der Waals surface area (Å²) in [7, 11) is -4.32. The van der Waals surface area contributed by atoms with Crippen LogP contribution in [0.3, 0.4) is 0 Å². The number of rotatable bonds is 15. The molecule has 13 nitrogen and oxygen atoms in total. The van der Waals surface area contributed by atoms with Crippen molar-refractivity contribution in [2.24, 2.45) is 0 Å². The summed E-state index contributed by atoms with van der Waals surface area (Å²) < 4.78 is 20.8. The molecule has 53 heavy (non-hydrogen) atoms. The molecule has 0 aliphatic heterocycles. The van der Waals surface area contributed by atoms with Crippen LogP contribution < -0.4 is 31.2 Å². The van der Waals surface area contributed by atoms with E-state index in [9.17, 15) is 19.3 Å². The standard InChI is InChI=1S/C39H55N3O10P/c1-28-19-34(31-13-7-4-8-14-31)40(37(43)22-28)47-25-50-53(46,51-26-48-41-35(20-29(2)23-38(41)44)32-15-9-5-10-16-32)52-27-49-42-36(21-30(3)24-39(42)45)33-17-11-6-12-18-33/h19-24,31-33,46H,4-18,25-27H2,1-3H3/q+1. The summed E-state index contributed by atoms with van der Waals surface area (Å²) in [5.74, 6) is 0.449. The smallest absolute Gasteiger partial charge is 0.377 e. The van der Waals surface area contributed by atoms with E-state index in [0.717, 1.165) is 130 Å². The average Bonchev–Trinajstić information content (AvgIpc) is 3.15. The van der Waals surface area contributed by atoms with Gasteiger partial charge in [0.25, 0.3) is 37.1 Å². The third-order valence-corrected chi connectivity index (χ3v) is 12.0. The van der Waals surface area contributed by atoms with E-state index in [4.69, 9.17) is 28.1 Å². The Morgan fingerprint density at radius 2 is 0.755 bits per heavy atom. The molecular formula is C39H55N3O10P+. The molecule has 0 aromatic carbocycles. The van der Waals surface area contributed by atoms with Gasteiger partial charge in [0.05, 0.1) is 17.1 Å². The molecule has 3 saturated carbocycles. The summed E-state index contributed by atoms with van der Waals surface area (Å²) in [6.45, 7) is 3.80. The second kappa shape index (κ2) is 18.2. The van der Waals surface area contributed by atoms with Gasteiger partial charge in [-0.3, -0.25) is 14.4 Å². The van der Waals surface area contributed by atoms with Crippen LogP contribution in [-0.2, 0) is 13.6 Å². The molecule has 0 atom stereocenters. The van der Waals surface area contributed by atoms with Gasteiger partial charge in [-0.2, -0.15) is 4.89 Å². The molecule has 3 fully saturated rings. The average molecular weight is 757 g/mol.